The van der Waals surface area contributed by atoms with Gasteiger partial charge in [-0.2, -0.15) is 8.78 Å². The molecule has 0 saturated carbocycles. The molecule has 25 heavy (non-hydrogen) atoms. The van der Waals surface area contributed by atoms with Crippen molar-refractivity contribution in [1.82, 2.24) is 9.80 Å². The Morgan fingerprint density at radius 1 is 1.24 bits per heavy atom. The van der Waals surface area contributed by atoms with Gasteiger partial charge in [0.2, 0.25) is 0 Å². The first-order chi connectivity index (χ1) is 11.6. The van der Waals surface area contributed by atoms with Crippen molar-refractivity contribution in [3.8, 4) is 5.75 Å². The summed E-state index contributed by atoms with van der Waals surface area (Å²) in [6, 6.07) is 5.07. The predicted molar refractivity (Wildman–Crippen MR) is 93.9 cm³/mol. The Morgan fingerprint density at radius 2 is 1.88 bits per heavy atom. The fourth-order valence-electron chi connectivity index (χ4n) is 2.51. The zero-order chi connectivity index (χ0) is 18.6. The Balaban J connectivity index is 1.86. The molecule has 1 aliphatic heterocycles. The number of piperazine rings is 1. The normalized spacial score (nSPS) is 16.2. The van der Waals surface area contributed by atoms with Crippen LogP contribution in [0.3, 0.4) is 0 Å². The summed E-state index contributed by atoms with van der Waals surface area (Å²) in [7, 11) is 0. The molecule has 1 aromatic rings. The number of nitrogens with zero attached hydrogens (tertiary/aromatic N) is 2. The number of alkyl halides is 2. The lowest BCUT2D eigenvalue weighted by Gasteiger charge is -2.35. The topological polar surface area (TPSA) is 42.0 Å². The van der Waals surface area contributed by atoms with Crippen molar-refractivity contribution in [2.75, 3.05) is 26.2 Å². The molecule has 1 heterocycles. The van der Waals surface area contributed by atoms with Gasteiger partial charge in [-0.15, -0.1) is 0 Å². The highest BCUT2D eigenvalue weighted by Crippen LogP contribution is 2.28. The van der Waals surface area contributed by atoms with Gasteiger partial charge in [0.25, 0.3) is 0 Å². The smallest absolute Gasteiger partial charge is 0.410 e. The second-order valence-electron chi connectivity index (χ2n) is 6.89. The van der Waals surface area contributed by atoms with Crippen LogP contribution in [0.1, 0.15) is 26.3 Å². The molecule has 2 rings (SSSR count). The maximum atomic E-state index is 12.3. The van der Waals surface area contributed by atoms with E-state index in [9.17, 15) is 13.6 Å². The third-order valence-corrected chi connectivity index (χ3v) is 4.26. The number of hydrogen-bond acceptors (Lipinski definition) is 4. The summed E-state index contributed by atoms with van der Waals surface area (Å²) in [4.78, 5) is 16.0. The molecular weight excluding hydrogens is 398 g/mol. The maximum Gasteiger partial charge on any atom is 0.410 e. The van der Waals surface area contributed by atoms with Crippen molar-refractivity contribution in [2.24, 2.45) is 0 Å². The number of hydrogen-bond donors (Lipinski definition) is 0. The molecule has 1 saturated heterocycles. The lowest BCUT2D eigenvalue weighted by Crippen LogP contribution is -2.49. The molecule has 0 N–H and O–H groups in total. The van der Waals surface area contributed by atoms with Crippen molar-refractivity contribution in [1.29, 1.82) is 0 Å². The molecule has 0 unspecified atom stereocenters. The molecule has 0 aromatic heterocycles. The maximum absolute atomic E-state index is 12.3. The van der Waals surface area contributed by atoms with Crippen LogP contribution in [0.15, 0.2) is 22.7 Å². The molecule has 5 nitrogen and oxygen atoms in total. The molecular formula is C17H23BrF2N2O3. The van der Waals surface area contributed by atoms with Crippen LogP contribution in [0.2, 0.25) is 0 Å². The average Bonchev–Trinajstić information content (AvgIpc) is 2.48. The fraction of sp³-hybridized carbons (Fsp3) is 0.588. The van der Waals surface area contributed by atoms with Gasteiger partial charge in [0.1, 0.15) is 11.4 Å². The monoisotopic (exact) mass is 420 g/mol. The van der Waals surface area contributed by atoms with E-state index in [-0.39, 0.29) is 11.8 Å². The Bertz CT molecular complexity index is 600. The second kappa shape index (κ2) is 8.31. The van der Waals surface area contributed by atoms with E-state index in [0.717, 1.165) is 18.7 Å². The van der Waals surface area contributed by atoms with Crippen LogP contribution < -0.4 is 4.74 Å². The van der Waals surface area contributed by atoms with Crippen LogP contribution >= 0.6 is 15.9 Å². The molecule has 1 amide bonds. The minimum absolute atomic E-state index is 0.119. The zero-order valence-electron chi connectivity index (χ0n) is 14.6. The van der Waals surface area contributed by atoms with Crippen molar-refractivity contribution >= 4 is 22.0 Å². The van der Waals surface area contributed by atoms with Crippen LogP contribution in [0.5, 0.6) is 5.75 Å². The third kappa shape index (κ3) is 6.43. The van der Waals surface area contributed by atoms with E-state index in [1.807, 2.05) is 20.8 Å². The lowest BCUT2D eigenvalue weighted by atomic mass is 10.2. The summed E-state index contributed by atoms with van der Waals surface area (Å²) in [6.45, 7) is 6.03. The highest BCUT2D eigenvalue weighted by Gasteiger charge is 2.25. The predicted octanol–water partition coefficient (Wildman–Crippen LogP) is 4.10. The molecule has 0 aliphatic carbocycles. The number of carbonyl (C=O) groups is 1. The Kier molecular flexibility index (Phi) is 6.62. The van der Waals surface area contributed by atoms with Gasteiger partial charge in [-0.3, -0.25) is 4.90 Å². The summed E-state index contributed by atoms with van der Waals surface area (Å²) in [5, 5.41) is 0. The minimum Gasteiger partial charge on any atom is -0.444 e. The van der Waals surface area contributed by atoms with Crippen molar-refractivity contribution < 1.29 is 23.0 Å². The molecule has 1 aromatic carbocycles. The van der Waals surface area contributed by atoms with Gasteiger partial charge in [-0.05, 0) is 54.4 Å². The van der Waals surface area contributed by atoms with Gasteiger partial charge in [0, 0.05) is 32.7 Å². The van der Waals surface area contributed by atoms with E-state index >= 15 is 0 Å². The molecule has 1 fully saturated rings. The molecule has 0 spiro atoms. The summed E-state index contributed by atoms with van der Waals surface area (Å²) in [6.07, 6.45) is -0.289. The van der Waals surface area contributed by atoms with E-state index in [4.69, 9.17) is 4.74 Å². The number of halogens is 3. The third-order valence-electron chi connectivity index (χ3n) is 3.64. The van der Waals surface area contributed by atoms with Gasteiger partial charge < -0.3 is 14.4 Å². The summed E-state index contributed by atoms with van der Waals surface area (Å²) in [5.74, 6) is 0.119. The van der Waals surface area contributed by atoms with Crippen LogP contribution in [0.25, 0.3) is 0 Å². The SMILES string of the molecule is CC(C)(C)OC(=O)N1CCN(Cc2ccc(OC(F)F)c(Br)c2)CC1. The largest absolute Gasteiger partial charge is 0.444 e. The van der Waals surface area contributed by atoms with Gasteiger partial charge in [-0.1, -0.05) is 6.07 Å². The first kappa shape index (κ1) is 19.9. The zero-order valence-corrected chi connectivity index (χ0v) is 16.2. The van der Waals surface area contributed by atoms with Crippen LogP contribution in [-0.4, -0.2) is 54.3 Å². The quantitative estimate of drug-likeness (QED) is 0.734. The van der Waals surface area contributed by atoms with E-state index in [2.05, 4.69) is 25.6 Å². The van der Waals surface area contributed by atoms with Crippen LogP contribution in [0.4, 0.5) is 13.6 Å². The molecule has 0 bridgehead atoms. The average molecular weight is 421 g/mol. The van der Waals surface area contributed by atoms with Gasteiger partial charge in [-0.25, -0.2) is 4.79 Å². The Labute approximate surface area is 155 Å². The van der Waals surface area contributed by atoms with E-state index in [0.29, 0.717) is 24.1 Å². The van der Waals surface area contributed by atoms with E-state index in [1.54, 1.807) is 17.0 Å². The number of amides is 1. The number of rotatable bonds is 4. The van der Waals surface area contributed by atoms with E-state index < -0.39 is 12.2 Å². The summed E-state index contributed by atoms with van der Waals surface area (Å²) < 4.78 is 34.9. The second-order valence-corrected chi connectivity index (χ2v) is 7.74. The van der Waals surface area contributed by atoms with Gasteiger partial charge in [0.05, 0.1) is 4.47 Å². The van der Waals surface area contributed by atoms with E-state index in [1.165, 1.54) is 6.07 Å². The standard InChI is InChI=1S/C17H23BrF2N2O3/c1-17(2,3)25-16(23)22-8-6-21(7-9-22)11-12-4-5-14(13(18)10-12)24-15(19)20/h4-5,10,15H,6-9,11H2,1-3H3. The highest BCUT2D eigenvalue weighted by molar-refractivity contribution is 9.10. The minimum atomic E-state index is -2.84. The molecule has 0 atom stereocenters. The fourth-order valence-corrected chi connectivity index (χ4v) is 3.03. The molecule has 1 aliphatic rings. The Morgan fingerprint density at radius 3 is 2.40 bits per heavy atom. The van der Waals surface area contributed by atoms with Crippen molar-refractivity contribution in [3.05, 3.63) is 28.2 Å². The first-order valence-electron chi connectivity index (χ1n) is 8.07. The van der Waals surface area contributed by atoms with Gasteiger partial charge >= 0.3 is 12.7 Å². The molecule has 0 radical (unpaired) electrons. The summed E-state index contributed by atoms with van der Waals surface area (Å²) >= 11 is 3.25. The number of ether oxygens (including phenoxy) is 2. The Hall–Kier alpha value is -1.41. The molecule has 8 heteroatoms. The van der Waals surface area contributed by atoms with Crippen molar-refractivity contribution in [2.45, 2.75) is 39.5 Å². The van der Waals surface area contributed by atoms with Crippen LogP contribution in [0, 0.1) is 0 Å². The number of carbonyl (C=O) groups excluding carboxylic acids is 1. The summed E-state index contributed by atoms with van der Waals surface area (Å²) in [5.41, 5.74) is 0.488. The first-order valence-corrected chi connectivity index (χ1v) is 8.87. The number of benzene rings is 1. The lowest BCUT2D eigenvalue weighted by molar-refractivity contribution is -0.0503. The molecule has 140 valence electrons. The highest BCUT2D eigenvalue weighted by atomic mass is 79.9. The van der Waals surface area contributed by atoms with Gasteiger partial charge in [0.15, 0.2) is 0 Å². The van der Waals surface area contributed by atoms with Crippen molar-refractivity contribution in [3.63, 3.8) is 0 Å². The van der Waals surface area contributed by atoms with Crippen LogP contribution in [-0.2, 0) is 11.3 Å².